The maximum absolute atomic E-state index is 12.0. The van der Waals surface area contributed by atoms with Gasteiger partial charge in [-0.05, 0) is 18.3 Å². The van der Waals surface area contributed by atoms with Crippen molar-refractivity contribution in [2.24, 2.45) is 11.1 Å². The molecule has 0 bridgehead atoms. The van der Waals surface area contributed by atoms with Crippen LogP contribution in [0.1, 0.15) is 52.9 Å². The van der Waals surface area contributed by atoms with Crippen LogP contribution >= 0.6 is 0 Å². The molecule has 0 saturated heterocycles. The molecule has 4 heteroatoms. The average Bonchev–Trinajstić information content (AvgIpc) is 2.42. The van der Waals surface area contributed by atoms with Crippen LogP contribution in [-0.2, 0) is 4.79 Å². The van der Waals surface area contributed by atoms with Gasteiger partial charge in [0.1, 0.15) is 0 Å². The molecule has 0 aromatic heterocycles. The molecular formula is C13H26N2O2. The van der Waals surface area contributed by atoms with Crippen LogP contribution in [0.3, 0.4) is 0 Å². The third-order valence-electron chi connectivity index (χ3n) is 3.52. The molecule has 4 nitrogen and oxygen atoms in total. The van der Waals surface area contributed by atoms with Crippen LogP contribution in [0.5, 0.6) is 0 Å². The molecule has 1 saturated carbocycles. The van der Waals surface area contributed by atoms with Gasteiger partial charge in [-0.15, -0.1) is 0 Å². The number of amides is 1. The molecule has 1 amide bonds. The summed E-state index contributed by atoms with van der Waals surface area (Å²) in [5.41, 5.74) is 5.65. The second kappa shape index (κ2) is 5.83. The molecule has 1 fully saturated rings. The van der Waals surface area contributed by atoms with Crippen LogP contribution in [0.25, 0.3) is 0 Å². The molecule has 1 rings (SSSR count). The van der Waals surface area contributed by atoms with Gasteiger partial charge in [0.15, 0.2) is 0 Å². The summed E-state index contributed by atoms with van der Waals surface area (Å²) in [5, 5.41) is 12.8. The molecule has 100 valence electrons. The summed E-state index contributed by atoms with van der Waals surface area (Å²) in [6.07, 6.45) is 4.44. The van der Waals surface area contributed by atoms with Crippen LogP contribution in [0.4, 0.5) is 0 Å². The zero-order valence-corrected chi connectivity index (χ0v) is 11.2. The van der Waals surface area contributed by atoms with Crippen LogP contribution in [0.2, 0.25) is 0 Å². The molecule has 0 aliphatic heterocycles. The van der Waals surface area contributed by atoms with Crippen molar-refractivity contribution in [3.63, 3.8) is 0 Å². The Labute approximate surface area is 104 Å². The van der Waals surface area contributed by atoms with E-state index in [9.17, 15) is 9.90 Å². The third-order valence-corrected chi connectivity index (χ3v) is 3.52. The molecule has 4 N–H and O–H groups in total. The minimum Gasteiger partial charge on any atom is -0.391 e. The summed E-state index contributed by atoms with van der Waals surface area (Å²) in [7, 11) is 0. The zero-order chi connectivity index (χ0) is 13.1. The van der Waals surface area contributed by atoms with Crippen molar-refractivity contribution in [3.8, 4) is 0 Å². The molecule has 3 atom stereocenters. The highest BCUT2D eigenvalue weighted by Crippen LogP contribution is 2.20. The van der Waals surface area contributed by atoms with Gasteiger partial charge in [0.25, 0.3) is 0 Å². The van der Waals surface area contributed by atoms with E-state index < -0.39 is 12.1 Å². The van der Waals surface area contributed by atoms with Gasteiger partial charge in [0.05, 0.1) is 18.2 Å². The number of carbonyl (C=O) groups is 1. The molecular weight excluding hydrogens is 216 g/mol. The fourth-order valence-corrected chi connectivity index (χ4v) is 2.12. The van der Waals surface area contributed by atoms with Gasteiger partial charge >= 0.3 is 0 Å². The second-order valence-electron chi connectivity index (χ2n) is 6.16. The minimum absolute atomic E-state index is 0.126. The number of nitrogens with one attached hydrogen (secondary N) is 1. The third kappa shape index (κ3) is 4.28. The van der Waals surface area contributed by atoms with Gasteiger partial charge in [0.2, 0.25) is 5.91 Å². The lowest BCUT2D eigenvalue weighted by Crippen LogP contribution is -2.53. The molecule has 1 aliphatic rings. The predicted octanol–water partition coefficient (Wildman–Crippen LogP) is 1.17. The topological polar surface area (TPSA) is 75.4 Å². The monoisotopic (exact) mass is 242 g/mol. The Kier molecular flexibility index (Phi) is 4.95. The van der Waals surface area contributed by atoms with E-state index in [1.165, 1.54) is 0 Å². The highest BCUT2D eigenvalue weighted by atomic mass is 16.3. The van der Waals surface area contributed by atoms with Crippen molar-refractivity contribution in [3.05, 3.63) is 0 Å². The van der Waals surface area contributed by atoms with Crippen LogP contribution in [0.15, 0.2) is 0 Å². The lowest BCUT2D eigenvalue weighted by molar-refractivity contribution is -0.126. The number of nitrogens with two attached hydrogens (primary N) is 1. The van der Waals surface area contributed by atoms with Crippen molar-refractivity contribution in [2.75, 3.05) is 0 Å². The summed E-state index contributed by atoms with van der Waals surface area (Å²) in [5.74, 6) is -0.150. The minimum atomic E-state index is -0.530. The highest BCUT2D eigenvalue weighted by molar-refractivity contribution is 5.82. The first-order chi connectivity index (χ1) is 7.82. The SMILES string of the molecule is CC(C)(C)[C@H](N)C(=O)NC1CCCCCC1O. The van der Waals surface area contributed by atoms with Crippen molar-refractivity contribution in [1.82, 2.24) is 5.32 Å². The summed E-state index contributed by atoms with van der Waals surface area (Å²) in [6.45, 7) is 5.84. The van der Waals surface area contributed by atoms with E-state index in [1.54, 1.807) is 0 Å². The summed E-state index contributed by atoms with van der Waals surface area (Å²) < 4.78 is 0. The quantitative estimate of drug-likeness (QED) is 0.636. The van der Waals surface area contributed by atoms with E-state index in [0.717, 1.165) is 32.1 Å². The molecule has 0 aromatic rings. The lowest BCUT2D eigenvalue weighted by Gasteiger charge is -2.29. The van der Waals surface area contributed by atoms with Gasteiger partial charge in [-0.25, -0.2) is 0 Å². The summed E-state index contributed by atoms with van der Waals surface area (Å²) >= 11 is 0. The maximum atomic E-state index is 12.0. The Hall–Kier alpha value is -0.610. The second-order valence-corrected chi connectivity index (χ2v) is 6.16. The van der Waals surface area contributed by atoms with Gasteiger partial charge < -0.3 is 16.2 Å². The number of rotatable bonds is 2. The Balaban J connectivity index is 2.54. The van der Waals surface area contributed by atoms with Gasteiger partial charge in [-0.1, -0.05) is 40.0 Å². The van der Waals surface area contributed by atoms with Crippen LogP contribution < -0.4 is 11.1 Å². The van der Waals surface area contributed by atoms with E-state index >= 15 is 0 Å². The van der Waals surface area contributed by atoms with Crippen LogP contribution in [0, 0.1) is 5.41 Å². The lowest BCUT2D eigenvalue weighted by atomic mass is 9.86. The van der Waals surface area contributed by atoms with E-state index in [1.807, 2.05) is 20.8 Å². The van der Waals surface area contributed by atoms with Crippen molar-refractivity contribution >= 4 is 5.91 Å². The number of hydrogen-bond donors (Lipinski definition) is 3. The first kappa shape index (κ1) is 14.5. The standard InChI is InChI=1S/C13H26N2O2/c1-13(2,3)11(14)12(17)15-9-7-5-4-6-8-10(9)16/h9-11,16H,4-8,14H2,1-3H3,(H,15,17)/t9?,10?,11-/m1/s1. The van der Waals surface area contributed by atoms with Crippen LogP contribution in [-0.4, -0.2) is 29.2 Å². The summed E-state index contributed by atoms with van der Waals surface area (Å²) in [4.78, 5) is 12.0. The first-order valence-electron chi connectivity index (χ1n) is 6.56. The maximum Gasteiger partial charge on any atom is 0.237 e. The molecule has 1 aliphatic carbocycles. The Morgan fingerprint density at radius 2 is 1.88 bits per heavy atom. The zero-order valence-electron chi connectivity index (χ0n) is 11.2. The van der Waals surface area contributed by atoms with Crippen molar-refractivity contribution in [2.45, 2.75) is 71.1 Å². The normalized spacial score (nSPS) is 28.3. The Bertz CT molecular complexity index is 261. The molecule has 17 heavy (non-hydrogen) atoms. The molecule has 0 aromatic carbocycles. The average molecular weight is 242 g/mol. The van der Waals surface area contributed by atoms with Crippen molar-refractivity contribution < 1.29 is 9.90 Å². The summed E-state index contributed by atoms with van der Waals surface area (Å²) in [6, 6.07) is -0.656. The molecule has 0 spiro atoms. The molecule has 0 radical (unpaired) electrons. The molecule has 0 heterocycles. The number of aliphatic hydroxyl groups is 1. The highest BCUT2D eigenvalue weighted by Gasteiger charge is 2.30. The van der Waals surface area contributed by atoms with E-state index in [2.05, 4.69) is 5.32 Å². The van der Waals surface area contributed by atoms with Gasteiger partial charge in [0, 0.05) is 0 Å². The van der Waals surface area contributed by atoms with E-state index in [0.29, 0.717) is 0 Å². The molecule has 2 unspecified atom stereocenters. The van der Waals surface area contributed by atoms with Crippen molar-refractivity contribution in [1.29, 1.82) is 0 Å². The number of aliphatic hydroxyl groups excluding tert-OH is 1. The number of hydrogen-bond acceptors (Lipinski definition) is 3. The first-order valence-corrected chi connectivity index (χ1v) is 6.56. The Morgan fingerprint density at radius 3 is 2.47 bits per heavy atom. The fourth-order valence-electron chi connectivity index (χ4n) is 2.12. The smallest absolute Gasteiger partial charge is 0.237 e. The van der Waals surface area contributed by atoms with E-state index in [-0.39, 0.29) is 17.4 Å². The predicted molar refractivity (Wildman–Crippen MR) is 68.5 cm³/mol. The van der Waals surface area contributed by atoms with Gasteiger partial charge in [-0.2, -0.15) is 0 Å². The largest absolute Gasteiger partial charge is 0.391 e. The number of carbonyl (C=O) groups excluding carboxylic acids is 1. The van der Waals surface area contributed by atoms with E-state index in [4.69, 9.17) is 5.73 Å². The van der Waals surface area contributed by atoms with Gasteiger partial charge in [-0.3, -0.25) is 4.79 Å². The fraction of sp³-hybridized carbons (Fsp3) is 0.923. The Morgan fingerprint density at radius 1 is 1.29 bits per heavy atom.